The lowest BCUT2D eigenvalue weighted by Gasteiger charge is -2.33. The Balaban J connectivity index is 1.61. The molecule has 28 heavy (non-hydrogen) atoms. The topological polar surface area (TPSA) is 87.7 Å². The highest BCUT2D eigenvalue weighted by atomic mass is 16.6. The summed E-state index contributed by atoms with van der Waals surface area (Å²) in [7, 11) is 0. The first kappa shape index (κ1) is 19.6. The minimum atomic E-state index is -0.337. The molecular formula is C20H25N5O3. The molecule has 2 amide bonds. The number of aromatic nitrogens is 2. The summed E-state index contributed by atoms with van der Waals surface area (Å²) in [4.78, 5) is 36.3. The van der Waals surface area contributed by atoms with Crippen LogP contribution in [-0.4, -0.2) is 64.6 Å². The standard InChI is InChI=1S/C20H25N5O3/c1-4-28-20(27)25-10-8-24(9-11-25)19(26)16-12-22-17(13-21-16)23-18-14(2)6-5-7-15(18)3/h5-7,12-13H,4,8-11H2,1-3H3,(H,22,23). The lowest BCUT2D eigenvalue weighted by molar-refractivity contribution is 0.0565. The second-order valence-corrected chi connectivity index (χ2v) is 6.66. The average molecular weight is 383 g/mol. The minimum absolute atomic E-state index is 0.186. The first-order valence-corrected chi connectivity index (χ1v) is 9.36. The molecule has 8 heteroatoms. The number of benzene rings is 1. The first-order chi connectivity index (χ1) is 13.5. The van der Waals surface area contributed by atoms with Gasteiger partial charge < -0.3 is 19.9 Å². The number of piperazine rings is 1. The zero-order chi connectivity index (χ0) is 20.1. The lowest BCUT2D eigenvalue weighted by Crippen LogP contribution is -2.50. The van der Waals surface area contributed by atoms with Crippen molar-refractivity contribution in [3.8, 4) is 0 Å². The van der Waals surface area contributed by atoms with Crippen molar-refractivity contribution in [1.29, 1.82) is 0 Å². The third-order valence-corrected chi connectivity index (χ3v) is 4.70. The van der Waals surface area contributed by atoms with Gasteiger partial charge in [0.2, 0.25) is 0 Å². The van der Waals surface area contributed by atoms with E-state index < -0.39 is 0 Å². The monoisotopic (exact) mass is 383 g/mol. The number of hydrogen-bond donors (Lipinski definition) is 1. The molecule has 3 rings (SSSR count). The van der Waals surface area contributed by atoms with Crippen LogP contribution in [0, 0.1) is 13.8 Å². The second kappa shape index (κ2) is 8.69. The van der Waals surface area contributed by atoms with Gasteiger partial charge in [0.1, 0.15) is 11.5 Å². The van der Waals surface area contributed by atoms with E-state index in [1.54, 1.807) is 22.9 Å². The molecule has 1 aromatic carbocycles. The van der Waals surface area contributed by atoms with Gasteiger partial charge >= 0.3 is 6.09 Å². The van der Waals surface area contributed by atoms with E-state index in [1.807, 2.05) is 32.0 Å². The molecule has 1 fully saturated rings. The number of aryl methyl sites for hydroxylation is 2. The normalized spacial score (nSPS) is 14.0. The fourth-order valence-corrected chi connectivity index (χ4v) is 3.11. The summed E-state index contributed by atoms with van der Waals surface area (Å²) in [6, 6.07) is 6.05. The number of nitrogens with zero attached hydrogens (tertiary/aromatic N) is 4. The van der Waals surface area contributed by atoms with Crippen LogP contribution < -0.4 is 5.32 Å². The molecular weight excluding hydrogens is 358 g/mol. The Morgan fingerprint density at radius 2 is 1.68 bits per heavy atom. The van der Waals surface area contributed by atoms with Crippen LogP contribution in [0.5, 0.6) is 0 Å². The molecule has 0 unspecified atom stereocenters. The summed E-state index contributed by atoms with van der Waals surface area (Å²) in [5, 5.41) is 3.26. The van der Waals surface area contributed by atoms with E-state index in [4.69, 9.17) is 4.74 Å². The molecule has 0 radical (unpaired) electrons. The number of para-hydroxylation sites is 1. The number of amides is 2. The number of carbonyl (C=O) groups excluding carboxylic acids is 2. The molecule has 0 saturated carbocycles. The molecule has 1 aliphatic heterocycles. The zero-order valence-corrected chi connectivity index (χ0v) is 16.4. The number of anilines is 2. The number of ether oxygens (including phenoxy) is 1. The fraction of sp³-hybridized carbons (Fsp3) is 0.400. The van der Waals surface area contributed by atoms with Crippen molar-refractivity contribution in [2.45, 2.75) is 20.8 Å². The van der Waals surface area contributed by atoms with Crippen molar-refractivity contribution in [2.75, 3.05) is 38.1 Å². The largest absolute Gasteiger partial charge is 0.450 e. The Kier molecular flexibility index (Phi) is 6.08. The van der Waals surface area contributed by atoms with Crippen molar-refractivity contribution in [3.05, 3.63) is 47.4 Å². The van der Waals surface area contributed by atoms with Gasteiger partial charge in [0, 0.05) is 31.9 Å². The number of hydrogen-bond acceptors (Lipinski definition) is 6. The van der Waals surface area contributed by atoms with Crippen LogP contribution in [0.3, 0.4) is 0 Å². The molecule has 0 aliphatic carbocycles. The molecule has 2 aromatic rings. The molecule has 1 N–H and O–H groups in total. The van der Waals surface area contributed by atoms with E-state index in [9.17, 15) is 9.59 Å². The summed E-state index contributed by atoms with van der Waals surface area (Å²) in [5.41, 5.74) is 3.51. The molecule has 148 valence electrons. The molecule has 1 saturated heterocycles. The number of rotatable bonds is 4. The van der Waals surface area contributed by atoms with Crippen molar-refractivity contribution in [1.82, 2.24) is 19.8 Å². The Morgan fingerprint density at radius 3 is 2.25 bits per heavy atom. The summed E-state index contributed by atoms with van der Waals surface area (Å²) in [5.74, 6) is 0.399. The third kappa shape index (κ3) is 4.39. The smallest absolute Gasteiger partial charge is 0.409 e. The van der Waals surface area contributed by atoms with Gasteiger partial charge in [0.05, 0.1) is 19.0 Å². The summed E-state index contributed by atoms with van der Waals surface area (Å²) < 4.78 is 4.99. The Hall–Kier alpha value is -3.16. The minimum Gasteiger partial charge on any atom is -0.450 e. The van der Waals surface area contributed by atoms with E-state index >= 15 is 0 Å². The maximum Gasteiger partial charge on any atom is 0.409 e. The second-order valence-electron chi connectivity index (χ2n) is 6.66. The maximum absolute atomic E-state index is 12.6. The Bertz CT molecular complexity index is 825. The lowest BCUT2D eigenvalue weighted by atomic mass is 10.1. The van der Waals surface area contributed by atoms with Gasteiger partial charge in [0.25, 0.3) is 5.91 Å². The number of nitrogens with one attached hydrogen (secondary N) is 1. The van der Waals surface area contributed by atoms with Gasteiger partial charge in [0.15, 0.2) is 0 Å². The third-order valence-electron chi connectivity index (χ3n) is 4.70. The van der Waals surface area contributed by atoms with Crippen molar-refractivity contribution in [2.24, 2.45) is 0 Å². The van der Waals surface area contributed by atoms with Crippen LogP contribution in [0.15, 0.2) is 30.6 Å². The van der Waals surface area contributed by atoms with Crippen LogP contribution in [0.1, 0.15) is 28.5 Å². The summed E-state index contributed by atoms with van der Waals surface area (Å²) in [6.07, 6.45) is 2.71. The van der Waals surface area contributed by atoms with E-state index in [-0.39, 0.29) is 17.7 Å². The number of carbonyl (C=O) groups is 2. The molecule has 1 aliphatic rings. The summed E-state index contributed by atoms with van der Waals surface area (Å²) >= 11 is 0. The van der Waals surface area contributed by atoms with Gasteiger partial charge in [-0.3, -0.25) is 4.79 Å². The van der Waals surface area contributed by atoms with Gasteiger partial charge in [-0.1, -0.05) is 18.2 Å². The fourth-order valence-electron chi connectivity index (χ4n) is 3.11. The van der Waals surface area contributed by atoms with Gasteiger partial charge in [-0.05, 0) is 31.9 Å². The Labute approximate surface area is 164 Å². The molecule has 0 atom stereocenters. The van der Waals surface area contributed by atoms with Crippen molar-refractivity contribution < 1.29 is 14.3 Å². The summed E-state index contributed by atoms with van der Waals surface area (Å²) in [6.45, 7) is 7.95. The van der Waals surface area contributed by atoms with Crippen LogP contribution in [0.2, 0.25) is 0 Å². The molecule has 0 bridgehead atoms. The van der Waals surface area contributed by atoms with Crippen molar-refractivity contribution in [3.63, 3.8) is 0 Å². The maximum atomic E-state index is 12.6. The van der Waals surface area contributed by atoms with E-state index in [0.29, 0.717) is 38.6 Å². The van der Waals surface area contributed by atoms with Gasteiger partial charge in [-0.25, -0.2) is 14.8 Å². The van der Waals surface area contributed by atoms with Gasteiger partial charge in [-0.2, -0.15) is 0 Å². The molecule has 0 spiro atoms. The SMILES string of the molecule is CCOC(=O)N1CCN(C(=O)c2cnc(Nc3c(C)cccc3C)cn2)CC1. The first-order valence-electron chi connectivity index (χ1n) is 9.36. The predicted octanol–water partition coefficient (Wildman–Crippen LogP) is 2.75. The molecule has 1 aromatic heterocycles. The van der Waals surface area contributed by atoms with Crippen LogP contribution in [0.25, 0.3) is 0 Å². The zero-order valence-electron chi connectivity index (χ0n) is 16.4. The van der Waals surface area contributed by atoms with E-state index in [0.717, 1.165) is 16.8 Å². The van der Waals surface area contributed by atoms with Crippen molar-refractivity contribution >= 4 is 23.5 Å². The highest BCUT2D eigenvalue weighted by molar-refractivity contribution is 5.92. The Morgan fingerprint density at radius 1 is 1.04 bits per heavy atom. The highest BCUT2D eigenvalue weighted by Crippen LogP contribution is 2.22. The molecule has 2 heterocycles. The van der Waals surface area contributed by atoms with Crippen LogP contribution in [0.4, 0.5) is 16.3 Å². The van der Waals surface area contributed by atoms with E-state index in [2.05, 4.69) is 15.3 Å². The molecule has 8 nitrogen and oxygen atoms in total. The van der Waals surface area contributed by atoms with Gasteiger partial charge in [-0.15, -0.1) is 0 Å². The highest BCUT2D eigenvalue weighted by Gasteiger charge is 2.26. The van der Waals surface area contributed by atoms with E-state index in [1.165, 1.54) is 6.20 Å². The predicted molar refractivity (Wildman–Crippen MR) is 106 cm³/mol. The quantitative estimate of drug-likeness (QED) is 0.873. The average Bonchev–Trinajstić information content (AvgIpc) is 2.71. The van der Waals surface area contributed by atoms with Crippen LogP contribution in [-0.2, 0) is 4.74 Å². The van der Waals surface area contributed by atoms with Crippen LogP contribution >= 0.6 is 0 Å².